The molecule has 2 unspecified atom stereocenters. The molecular weight excluding hydrogens is 226 g/mol. The van der Waals surface area contributed by atoms with Gasteiger partial charge in [0, 0.05) is 5.25 Å². The van der Waals surface area contributed by atoms with Crippen LogP contribution in [0.5, 0.6) is 0 Å². The van der Waals surface area contributed by atoms with Gasteiger partial charge in [-0.05, 0) is 36.8 Å². The molecule has 0 spiro atoms. The van der Waals surface area contributed by atoms with Crippen LogP contribution in [0.1, 0.15) is 32.1 Å². The standard InChI is InChI=1S/C10H17N3S2/c11-6-8-4-2-1-3-5-9(8)14-10-12-7-13-15-10/h7-9H,1-6,11H2. The van der Waals surface area contributed by atoms with E-state index in [-0.39, 0.29) is 0 Å². The van der Waals surface area contributed by atoms with Gasteiger partial charge in [-0.2, -0.15) is 4.37 Å². The summed E-state index contributed by atoms with van der Waals surface area (Å²) in [5, 5.41) is 0.658. The summed E-state index contributed by atoms with van der Waals surface area (Å²) in [5.74, 6) is 0.668. The van der Waals surface area contributed by atoms with Gasteiger partial charge in [0.25, 0.3) is 0 Å². The largest absolute Gasteiger partial charge is 0.330 e. The van der Waals surface area contributed by atoms with Crippen molar-refractivity contribution in [2.75, 3.05) is 6.54 Å². The van der Waals surface area contributed by atoms with Crippen molar-refractivity contribution in [3.05, 3.63) is 6.33 Å². The highest BCUT2D eigenvalue weighted by Gasteiger charge is 2.24. The Labute approximate surface area is 99.0 Å². The Morgan fingerprint density at radius 2 is 2.27 bits per heavy atom. The SMILES string of the molecule is NCC1CCCCCC1Sc1ncns1. The Morgan fingerprint density at radius 3 is 3.00 bits per heavy atom. The fourth-order valence-electron chi connectivity index (χ4n) is 2.12. The van der Waals surface area contributed by atoms with Crippen LogP contribution in [0, 0.1) is 5.92 Å². The van der Waals surface area contributed by atoms with Crippen molar-refractivity contribution in [1.29, 1.82) is 0 Å². The summed E-state index contributed by atoms with van der Waals surface area (Å²) in [6.07, 6.45) is 8.26. The van der Waals surface area contributed by atoms with Gasteiger partial charge in [-0.3, -0.25) is 0 Å². The van der Waals surface area contributed by atoms with E-state index in [1.165, 1.54) is 43.6 Å². The van der Waals surface area contributed by atoms with E-state index in [0.29, 0.717) is 11.2 Å². The average molecular weight is 243 g/mol. The molecule has 0 bridgehead atoms. The molecule has 1 aromatic rings. The second-order valence-electron chi connectivity index (χ2n) is 4.00. The molecule has 84 valence electrons. The summed E-state index contributed by atoms with van der Waals surface area (Å²) in [7, 11) is 0. The fourth-order valence-corrected chi connectivity index (χ4v) is 4.16. The minimum Gasteiger partial charge on any atom is -0.330 e. The highest BCUT2D eigenvalue weighted by atomic mass is 32.2. The van der Waals surface area contributed by atoms with Crippen molar-refractivity contribution in [2.24, 2.45) is 11.7 Å². The van der Waals surface area contributed by atoms with Crippen LogP contribution >= 0.6 is 23.3 Å². The molecule has 2 N–H and O–H groups in total. The van der Waals surface area contributed by atoms with Crippen molar-refractivity contribution in [1.82, 2.24) is 9.36 Å². The second kappa shape index (κ2) is 5.82. The molecule has 0 saturated heterocycles. The predicted octanol–water partition coefficient (Wildman–Crippen LogP) is 2.54. The van der Waals surface area contributed by atoms with Gasteiger partial charge in [-0.1, -0.05) is 31.0 Å². The maximum absolute atomic E-state index is 5.85. The number of hydrogen-bond acceptors (Lipinski definition) is 5. The van der Waals surface area contributed by atoms with Crippen LogP contribution in [0.4, 0.5) is 0 Å². The third-order valence-corrected chi connectivity index (χ3v) is 5.19. The van der Waals surface area contributed by atoms with Gasteiger partial charge in [0.15, 0.2) is 4.34 Å². The molecule has 1 aliphatic rings. The topological polar surface area (TPSA) is 51.8 Å². The Balaban J connectivity index is 1.97. The van der Waals surface area contributed by atoms with Gasteiger partial charge >= 0.3 is 0 Å². The molecule has 1 saturated carbocycles. The first-order chi connectivity index (χ1) is 7.40. The number of thioether (sulfide) groups is 1. The summed E-state index contributed by atoms with van der Waals surface area (Å²) >= 11 is 3.38. The molecule has 1 fully saturated rings. The summed E-state index contributed by atoms with van der Waals surface area (Å²) < 4.78 is 5.14. The van der Waals surface area contributed by atoms with Crippen LogP contribution in [-0.2, 0) is 0 Å². The molecule has 0 amide bonds. The van der Waals surface area contributed by atoms with Crippen LogP contribution in [-0.4, -0.2) is 21.2 Å². The number of rotatable bonds is 3. The number of nitrogens with zero attached hydrogens (tertiary/aromatic N) is 2. The lowest BCUT2D eigenvalue weighted by Gasteiger charge is -2.21. The first kappa shape index (κ1) is 11.4. The zero-order valence-electron chi connectivity index (χ0n) is 8.76. The van der Waals surface area contributed by atoms with Gasteiger partial charge < -0.3 is 5.73 Å². The van der Waals surface area contributed by atoms with Crippen LogP contribution in [0.15, 0.2) is 10.7 Å². The van der Waals surface area contributed by atoms with E-state index in [0.717, 1.165) is 10.9 Å². The molecule has 5 heteroatoms. The van der Waals surface area contributed by atoms with E-state index in [1.54, 1.807) is 6.33 Å². The monoisotopic (exact) mass is 243 g/mol. The van der Waals surface area contributed by atoms with Crippen molar-refractivity contribution in [3.8, 4) is 0 Å². The van der Waals surface area contributed by atoms with Gasteiger partial charge in [-0.15, -0.1) is 0 Å². The van der Waals surface area contributed by atoms with Crippen LogP contribution < -0.4 is 5.73 Å². The Bertz CT molecular complexity index is 276. The number of hydrogen-bond donors (Lipinski definition) is 1. The molecule has 15 heavy (non-hydrogen) atoms. The van der Waals surface area contributed by atoms with Crippen molar-refractivity contribution in [3.63, 3.8) is 0 Å². The zero-order chi connectivity index (χ0) is 10.5. The number of nitrogens with two attached hydrogens (primary N) is 1. The third kappa shape index (κ3) is 3.16. The van der Waals surface area contributed by atoms with Crippen LogP contribution in [0.3, 0.4) is 0 Å². The maximum atomic E-state index is 5.85. The molecule has 1 heterocycles. The Hall–Kier alpha value is -0.130. The summed E-state index contributed by atoms with van der Waals surface area (Å²) in [5.41, 5.74) is 5.85. The third-order valence-electron chi connectivity index (χ3n) is 2.99. The Kier molecular flexibility index (Phi) is 4.41. The van der Waals surface area contributed by atoms with Gasteiger partial charge in [0.2, 0.25) is 0 Å². The van der Waals surface area contributed by atoms with Crippen molar-refractivity contribution < 1.29 is 0 Å². The zero-order valence-corrected chi connectivity index (χ0v) is 10.4. The quantitative estimate of drug-likeness (QED) is 0.829. The number of aromatic nitrogens is 2. The fraction of sp³-hybridized carbons (Fsp3) is 0.800. The second-order valence-corrected chi connectivity index (χ2v) is 6.26. The molecule has 1 aromatic heterocycles. The summed E-state index contributed by atoms with van der Waals surface area (Å²) in [6, 6.07) is 0. The van der Waals surface area contributed by atoms with E-state index in [1.807, 2.05) is 11.8 Å². The van der Waals surface area contributed by atoms with E-state index in [4.69, 9.17) is 5.73 Å². The molecule has 2 atom stereocenters. The van der Waals surface area contributed by atoms with Gasteiger partial charge in [0.1, 0.15) is 6.33 Å². The van der Waals surface area contributed by atoms with E-state index in [9.17, 15) is 0 Å². The van der Waals surface area contributed by atoms with Crippen LogP contribution in [0.25, 0.3) is 0 Å². The summed E-state index contributed by atoms with van der Waals surface area (Å²) in [4.78, 5) is 4.24. The minimum absolute atomic E-state index is 0.658. The maximum Gasteiger partial charge on any atom is 0.170 e. The highest BCUT2D eigenvalue weighted by molar-refractivity contribution is 8.01. The van der Waals surface area contributed by atoms with E-state index in [2.05, 4.69) is 9.36 Å². The van der Waals surface area contributed by atoms with Crippen LogP contribution in [0.2, 0.25) is 0 Å². The first-order valence-corrected chi connectivity index (χ1v) is 7.19. The lowest BCUT2D eigenvalue weighted by molar-refractivity contribution is 0.483. The molecular formula is C10H17N3S2. The van der Waals surface area contributed by atoms with E-state index < -0.39 is 0 Å². The highest BCUT2D eigenvalue weighted by Crippen LogP contribution is 2.36. The lowest BCUT2D eigenvalue weighted by Crippen LogP contribution is -2.24. The van der Waals surface area contributed by atoms with Gasteiger partial charge in [0.05, 0.1) is 0 Å². The predicted molar refractivity (Wildman–Crippen MR) is 65.2 cm³/mol. The molecule has 2 rings (SSSR count). The smallest absolute Gasteiger partial charge is 0.170 e. The van der Waals surface area contributed by atoms with Crippen molar-refractivity contribution >= 4 is 23.3 Å². The molecule has 0 aromatic carbocycles. The molecule has 1 aliphatic carbocycles. The molecule has 0 radical (unpaired) electrons. The first-order valence-electron chi connectivity index (χ1n) is 5.53. The molecule has 3 nitrogen and oxygen atoms in total. The van der Waals surface area contributed by atoms with Crippen molar-refractivity contribution in [2.45, 2.75) is 41.7 Å². The summed E-state index contributed by atoms with van der Waals surface area (Å²) in [6.45, 7) is 0.816. The van der Waals surface area contributed by atoms with Gasteiger partial charge in [-0.25, -0.2) is 4.98 Å². The molecule has 0 aliphatic heterocycles. The van der Waals surface area contributed by atoms with E-state index >= 15 is 0 Å². The normalized spacial score (nSPS) is 27.5. The average Bonchev–Trinajstić information content (AvgIpc) is 2.64. The minimum atomic E-state index is 0.658. The lowest BCUT2D eigenvalue weighted by atomic mass is 10.0. The Morgan fingerprint density at radius 1 is 1.40 bits per heavy atom.